The van der Waals surface area contributed by atoms with E-state index in [1.54, 1.807) is 0 Å². The van der Waals surface area contributed by atoms with Crippen molar-refractivity contribution in [3.05, 3.63) is 46.1 Å². The summed E-state index contributed by atoms with van der Waals surface area (Å²) in [5.74, 6) is 0. The monoisotopic (exact) mass is 317 g/mol. The zero-order chi connectivity index (χ0) is 13.2. The van der Waals surface area contributed by atoms with Crippen LogP contribution in [0.2, 0.25) is 0 Å². The van der Waals surface area contributed by atoms with Crippen molar-refractivity contribution in [1.82, 2.24) is 10.2 Å². The summed E-state index contributed by atoms with van der Waals surface area (Å²) in [4.78, 5) is 0. The van der Waals surface area contributed by atoms with Crippen molar-refractivity contribution in [1.29, 1.82) is 0 Å². The van der Waals surface area contributed by atoms with E-state index in [4.69, 9.17) is 5.21 Å². The molecule has 0 aliphatic heterocycles. The number of benzene rings is 1. The lowest BCUT2D eigenvalue weighted by Gasteiger charge is -2.15. The maximum atomic E-state index is 9.07. The predicted molar refractivity (Wildman–Crippen MR) is 76.4 cm³/mol. The van der Waals surface area contributed by atoms with Crippen molar-refractivity contribution in [2.24, 2.45) is 5.16 Å². The average molecular weight is 318 g/mol. The largest absolute Gasteiger partial charge is 0.411 e. The number of rotatable bonds is 1. The zero-order valence-corrected chi connectivity index (χ0v) is 11.8. The number of hydrogen-bond acceptors (Lipinski definition) is 4. The van der Waals surface area contributed by atoms with E-state index in [9.17, 15) is 0 Å². The lowest BCUT2D eigenvalue weighted by molar-refractivity contribution is 0.317. The molecule has 0 amide bonds. The maximum absolute atomic E-state index is 9.07. The molecule has 3 rings (SSSR count). The Morgan fingerprint density at radius 3 is 2.63 bits per heavy atom. The Labute approximate surface area is 119 Å². The van der Waals surface area contributed by atoms with Gasteiger partial charge in [0, 0.05) is 15.6 Å². The van der Waals surface area contributed by atoms with Crippen LogP contribution in [-0.4, -0.2) is 21.1 Å². The van der Waals surface area contributed by atoms with Crippen LogP contribution >= 0.6 is 15.9 Å². The Kier molecular flexibility index (Phi) is 3.29. The first-order valence-electron chi connectivity index (χ1n) is 6.12. The van der Waals surface area contributed by atoms with Gasteiger partial charge in [0.1, 0.15) is 0 Å². The van der Waals surface area contributed by atoms with Crippen molar-refractivity contribution in [3.8, 4) is 11.3 Å². The molecule has 1 N–H and O–H groups in total. The first-order chi connectivity index (χ1) is 9.28. The molecule has 0 bridgehead atoms. The van der Waals surface area contributed by atoms with E-state index in [1.807, 2.05) is 30.3 Å². The number of fused-ring (bicyclic) bond motifs is 1. The fourth-order valence-corrected chi connectivity index (χ4v) is 2.54. The molecule has 4 nitrogen and oxygen atoms in total. The van der Waals surface area contributed by atoms with Crippen molar-refractivity contribution in [3.63, 3.8) is 0 Å². The SMILES string of the molecule is ON=C1CCCc2nnc(-c3ccc(Br)cc3)cc21. The molecule has 2 aromatic rings. The van der Waals surface area contributed by atoms with Crippen LogP contribution < -0.4 is 0 Å². The fourth-order valence-electron chi connectivity index (χ4n) is 2.28. The summed E-state index contributed by atoms with van der Waals surface area (Å²) in [6.45, 7) is 0. The van der Waals surface area contributed by atoms with E-state index in [1.165, 1.54) is 0 Å². The molecule has 1 aliphatic carbocycles. The van der Waals surface area contributed by atoms with Gasteiger partial charge in [-0.25, -0.2) is 0 Å². The van der Waals surface area contributed by atoms with Crippen molar-refractivity contribution in [2.45, 2.75) is 19.3 Å². The summed E-state index contributed by atoms with van der Waals surface area (Å²) < 4.78 is 1.03. The first kappa shape index (κ1) is 12.3. The third kappa shape index (κ3) is 2.38. The first-order valence-corrected chi connectivity index (χ1v) is 6.91. The smallest absolute Gasteiger partial charge is 0.0936 e. The molecular weight excluding hydrogens is 306 g/mol. The van der Waals surface area contributed by atoms with Gasteiger partial charge in [-0.3, -0.25) is 0 Å². The summed E-state index contributed by atoms with van der Waals surface area (Å²) >= 11 is 3.41. The van der Waals surface area contributed by atoms with E-state index in [0.717, 1.165) is 46.2 Å². The maximum Gasteiger partial charge on any atom is 0.0936 e. The zero-order valence-electron chi connectivity index (χ0n) is 10.2. The van der Waals surface area contributed by atoms with Crippen molar-refractivity contribution < 1.29 is 5.21 Å². The molecule has 5 heteroatoms. The van der Waals surface area contributed by atoms with Crippen LogP contribution in [0.1, 0.15) is 24.1 Å². The van der Waals surface area contributed by atoms with Gasteiger partial charge in [0.15, 0.2) is 0 Å². The highest BCUT2D eigenvalue weighted by Crippen LogP contribution is 2.25. The van der Waals surface area contributed by atoms with Gasteiger partial charge in [-0.2, -0.15) is 10.2 Å². The van der Waals surface area contributed by atoms with Crippen LogP contribution in [0.15, 0.2) is 40.0 Å². The van der Waals surface area contributed by atoms with Gasteiger partial charge in [0.05, 0.1) is 17.1 Å². The molecule has 0 fully saturated rings. The van der Waals surface area contributed by atoms with Gasteiger partial charge in [0.2, 0.25) is 0 Å². The lowest BCUT2D eigenvalue weighted by Crippen LogP contribution is -2.14. The second-order valence-electron chi connectivity index (χ2n) is 4.50. The van der Waals surface area contributed by atoms with E-state index < -0.39 is 0 Å². The van der Waals surface area contributed by atoms with Gasteiger partial charge in [-0.1, -0.05) is 33.2 Å². The molecule has 0 radical (unpaired) electrons. The van der Waals surface area contributed by atoms with Crippen LogP contribution in [0, 0.1) is 0 Å². The molecule has 1 aromatic heterocycles. The predicted octanol–water partition coefficient (Wildman–Crippen LogP) is 3.42. The van der Waals surface area contributed by atoms with E-state index in [2.05, 4.69) is 31.3 Å². The van der Waals surface area contributed by atoms with Gasteiger partial charge in [0.25, 0.3) is 0 Å². The minimum atomic E-state index is 0.703. The molecule has 1 heterocycles. The normalized spacial score (nSPS) is 16.4. The summed E-state index contributed by atoms with van der Waals surface area (Å²) in [5, 5.41) is 21.0. The third-order valence-corrected chi connectivity index (χ3v) is 3.80. The van der Waals surface area contributed by atoms with Gasteiger partial charge in [-0.15, -0.1) is 0 Å². The molecule has 96 valence electrons. The number of hydrogen-bond donors (Lipinski definition) is 1. The summed E-state index contributed by atoms with van der Waals surface area (Å²) in [5.41, 5.74) is 4.34. The molecule has 0 saturated heterocycles. The van der Waals surface area contributed by atoms with Crippen LogP contribution in [0.4, 0.5) is 0 Å². The molecule has 0 saturated carbocycles. The highest BCUT2D eigenvalue weighted by molar-refractivity contribution is 9.10. The topological polar surface area (TPSA) is 58.4 Å². The Bertz CT molecular complexity index is 638. The Morgan fingerprint density at radius 1 is 1.11 bits per heavy atom. The Morgan fingerprint density at radius 2 is 1.89 bits per heavy atom. The summed E-state index contributed by atoms with van der Waals surface area (Å²) in [6.07, 6.45) is 2.63. The van der Waals surface area contributed by atoms with Gasteiger partial charge < -0.3 is 5.21 Å². The second-order valence-corrected chi connectivity index (χ2v) is 5.41. The Hall–Kier alpha value is -1.75. The number of nitrogens with zero attached hydrogens (tertiary/aromatic N) is 3. The molecule has 19 heavy (non-hydrogen) atoms. The van der Waals surface area contributed by atoms with Crippen LogP contribution in [0.25, 0.3) is 11.3 Å². The minimum Gasteiger partial charge on any atom is -0.411 e. The van der Waals surface area contributed by atoms with E-state index in [-0.39, 0.29) is 0 Å². The van der Waals surface area contributed by atoms with Gasteiger partial charge >= 0.3 is 0 Å². The number of oxime groups is 1. The van der Waals surface area contributed by atoms with E-state index in [0.29, 0.717) is 5.71 Å². The molecule has 1 aromatic carbocycles. The average Bonchev–Trinajstić information content (AvgIpc) is 2.47. The van der Waals surface area contributed by atoms with E-state index >= 15 is 0 Å². The third-order valence-electron chi connectivity index (χ3n) is 3.27. The summed E-state index contributed by atoms with van der Waals surface area (Å²) in [7, 11) is 0. The fraction of sp³-hybridized carbons (Fsp3) is 0.214. The lowest BCUT2D eigenvalue weighted by atomic mass is 9.93. The standard InChI is InChI=1S/C14H12BrN3O/c15-10-6-4-9(5-7-10)14-8-11-12(16-17-14)2-1-3-13(11)18-19/h4-8,19H,1-3H2. The second kappa shape index (κ2) is 5.09. The van der Waals surface area contributed by atoms with Crippen LogP contribution in [0.3, 0.4) is 0 Å². The highest BCUT2D eigenvalue weighted by atomic mass is 79.9. The molecular formula is C14H12BrN3O. The molecule has 0 spiro atoms. The molecule has 0 unspecified atom stereocenters. The quantitative estimate of drug-likeness (QED) is 0.647. The van der Waals surface area contributed by atoms with Crippen LogP contribution in [0.5, 0.6) is 0 Å². The van der Waals surface area contributed by atoms with Crippen molar-refractivity contribution >= 4 is 21.6 Å². The van der Waals surface area contributed by atoms with Gasteiger partial charge in [-0.05, 0) is 37.5 Å². The number of aryl methyl sites for hydroxylation is 1. The molecule has 0 atom stereocenters. The Balaban J connectivity index is 2.07. The highest BCUT2D eigenvalue weighted by Gasteiger charge is 2.18. The minimum absolute atomic E-state index is 0.703. The van der Waals surface area contributed by atoms with Crippen LogP contribution in [-0.2, 0) is 6.42 Å². The van der Waals surface area contributed by atoms with Crippen molar-refractivity contribution in [2.75, 3.05) is 0 Å². The molecule has 1 aliphatic rings. The number of aromatic nitrogens is 2. The number of halogens is 1. The summed E-state index contributed by atoms with van der Waals surface area (Å²) in [6, 6.07) is 9.87.